The molecule has 5 nitrogen and oxygen atoms in total. The average molecular weight is 480 g/mol. The maximum Gasteiger partial charge on any atom is 0.0928 e. The molecule has 1 aliphatic heterocycles. The zero-order chi connectivity index (χ0) is 25.5. The number of anilines is 4. The minimum Gasteiger partial charge on any atom is -0.383 e. The van der Waals surface area contributed by atoms with Crippen molar-refractivity contribution in [3.8, 4) is 0 Å². The van der Waals surface area contributed by atoms with Gasteiger partial charge < -0.3 is 20.4 Å². The zero-order valence-corrected chi connectivity index (χ0v) is 23.4. The van der Waals surface area contributed by atoms with Crippen molar-refractivity contribution >= 4 is 22.7 Å². The Kier molecular flexibility index (Phi) is 9.73. The van der Waals surface area contributed by atoms with E-state index in [2.05, 4.69) is 129 Å². The SMILES string of the molecule is CC(C)CC(C)Nc1ccc(N2CN(c3ccc(N[C@@H](C)CC(C)C)cc3)CN(C(C)C)C2)cc1. The summed E-state index contributed by atoms with van der Waals surface area (Å²) < 4.78 is 0. The molecule has 0 bridgehead atoms. The molecular weight excluding hydrogens is 430 g/mol. The summed E-state index contributed by atoms with van der Waals surface area (Å²) >= 11 is 0. The van der Waals surface area contributed by atoms with E-state index in [1.54, 1.807) is 0 Å². The summed E-state index contributed by atoms with van der Waals surface area (Å²) in [5.74, 6) is 1.40. The third-order valence-corrected chi connectivity index (χ3v) is 6.72. The van der Waals surface area contributed by atoms with E-state index in [1.807, 2.05) is 0 Å². The van der Waals surface area contributed by atoms with Crippen molar-refractivity contribution < 1.29 is 0 Å². The lowest BCUT2D eigenvalue weighted by molar-refractivity contribution is 0.196. The van der Waals surface area contributed by atoms with Crippen molar-refractivity contribution in [2.75, 3.05) is 40.4 Å². The lowest BCUT2D eigenvalue weighted by atomic mass is 10.1. The summed E-state index contributed by atoms with van der Waals surface area (Å²) in [5.41, 5.74) is 4.93. The van der Waals surface area contributed by atoms with E-state index in [4.69, 9.17) is 0 Å². The highest BCUT2D eigenvalue weighted by Crippen LogP contribution is 2.27. The Labute approximate surface area is 214 Å². The maximum absolute atomic E-state index is 3.65. The maximum atomic E-state index is 3.65. The van der Waals surface area contributed by atoms with Crippen LogP contribution in [0.1, 0.15) is 68.2 Å². The highest BCUT2D eigenvalue weighted by atomic mass is 15.5. The molecule has 5 heteroatoms. The van der Waals surface area contributed by atoms with E-state index >= 15 is 0 Å². The second-order valence-corrected chi connectivity index (χ2v) is 11.6. The van der Waals surface area contributed by atoms with E-state index in [9.17, 15) is 0 Å². The van der Waals surface area contributed by atoms with Gasteiger partial charge in [0.25, 0.3) is 0 Å². The first-order valence-electron chi connectivity index (χ1n) is 13.6. The predicted molar refractivity (Wildman–Crippen MR) is 154 cm³/mol. The predicted octanol–water partition coefficient (Wildman–Crippen LogP) is 7.29. The smallest absolute Gasteiger partial charge is 0.0928 e. The van der Waals surface area contributed by atoms with Crippen molar-refractivity contribution in [2.45, 2.75) is 86.4 Å². The van der Waals surface area contributed by atoms with E-state index in [0.717, 1.165) is 20.0 Å². The molecule has 3 rings (SSSR count). The molecule has 1 saturated heterocycles. The number of rotatable bonds is 11. The van der Waals surface area contributed by atoms with Crippen LogP contribution in [0, 0.1) is 11.8 Å². The Morgan fingerprint density at radius 3 is 1.26 bits per heavy atom. The summed E-state index contributed by atoms with van der Waals surface area (Å²) in [6, 6.07) is 19.4. The summed E-state index contributed by atoms with van der Waals surface area (Å²) in [5, 5.41) is 7.30. The Bertz CT molecular complexity index is 805. The normalized spacial score (nSPS) is 16.8. The van der Waals surface area contributed by atoms with Crippen LogP contribution in [0.4, 0.5) is 22.7 Å². The molecule has 2 N–H and O–H groups in total. The zero-order valence-electron chi connectivity index (χ0n) is 23.4. The third kappa shape index (κ3) is 8.34. The van der Waals surface area contributed by atoms with Crippen LogP contribution in [0.5, 0.6) is 0 Å². The van der Waals surface area contributed by atoms with E-state index in [1.165, 1.54) is 35.6 Å². The molecule has 0 aliphatic carbocycles. The molecule has 0 radical (unpaired) electrons. The van der Waals surface area contributed by atoms with E-state index in [-0.39, 0.29) is 0 Å². The van der Waals surface area contributed by atoms with Gasteiger partial charge in [-0.1, -0.05) is 27.7 Å². The van der Waals surface area contributed by atoms with Gasteiger partial charge in [0.2, 0.25) is 0 Å². The number of benzene rings is 2. The molecular formula is C30H49N5. The van der Waals surface area contributed by atoms with Crippen LogP contribution in [0.3, 0.4) is 0 Å². The molecule has 2 atom stereocenters. The third-order valence-electron chi connectivity index (χ3n) is 6.72. The van der Waals surface area contributed by atoms with Gasteiger partial charge in [-0.05, 0) is 101 Å². The number of hydrogen-bond donors (Lipinski definition) is 2. The quantitative estimate of drug-likeness (QED) is 0.354. The fourth-order valence-electron chi connectivity index (χ4n) is 5.07. The lowest BCUT2D eigenvalue weighted by Gasteiger charge is -2.46. The molecule has 1 unspecified atom stereocenters. The average Bonchev–Trinajstić information content (AvgIpc) is 2.78. The fraction of sp³-hybridized carbons (Fsp3) is 0.600. The van der Waals surface area contributed by atoms with Crippen molar-refractivity contribution in [3.05, 3.63) is 48.5 Å². The van der Waals surface area contributed by atoms with Gasteiger partial charge in [0, 0.05) is 40.9 Å². The van der Waals surface area contributed by atoms with Crippen LogP contribution in [0.15, 0.2) is 48.5 Å². The van der Waals surface area contributed by atoms with Gasteiger partial charge in [-0.3, -0.25) is 4.90 Å². The van der Waals surface area contributed by atoms with Crippen LogP contribution >= 0.6 is 0 Å². The summed E-state index contributed by atoms with van der Waals surface area (Å²) in [6.07, 6.45) is 2.36. The summed E-state index contributed by atoms with van der Waals surface area (Å²) in [4.78, 5) is 7.47. The molecule has 0 aromatic heterocycles. The molecule has 0 spiro atoms. The Morgan fingerprint density at radius 1 is 0.571 bits per heavy atom. The molecule has 0 saturated carbocycles. The van der Waals surface area contributed by atoms with Gasteiger partial charge in [0.05, 0.1) is 20.0 Å². The van der Waals surface area contributed by atoms with Crippen LogP contribution in [0.2, 0.25) is 0 Å². The van der Waals surface area contributed by atoms with Gasteiger partial charge in [0.15, 0.2) is 0 Å². The fourth-order valence-corrected chi connectivity index (χ4v) is 5.07. The molecule has 1 aliphatic rings. The van der Waals surface area contributed by atoms with Crippen LogP contribution < -0.4 is 20.4 Å². The largest absolute Gasteiger partial charge is 0.383 e. The molecule has 35 heavy (non-hydrogen) atoms. The van der Waals surface area contributed by atoms with Crippen molar-refractivity contribution in [2.24, 2.45) is 11.8 Å². The van der Waals surface area contributed by atoms with Gasteiger partial charge in [0.1, 0.15) is 0 Å². The van der Waals surface area contributed by atoms with Gasteiger partial charge in [-0.25, -0.2) is 0 Å². The number of hydrogen-bond acceptors (Lipinski definition) is 5. The first kappa shape index (κ1) is 27.2. The van der Waals surface area contributed by atoms with Gasteiger partial charge >= 0.3 is 0 Å². The Morgan fingerprint density at radius 2 is 0.943 bits per heavy atom. The van der Waals surface area contributed by atoms with Crippen molar-refractivity contribution in [1.29, 1.82) is 0 Å². The highest BCUT2D eigenvalue weighted by molar-refractivity contribution is 5.59. The Hall–Kier alpha value is -2.40. The molecule has 1 heterocycles. The topological polar surface area (TPSA) is 33.8 Å². The van der Waals surface area contributed by atoms with E-state index < -0.39 is 0 Å². The summed E-state index contributed by atoms with van der Waals surface area (Å²) in [7, 11) is 0. The molecule has 0 amide bonds. The first-order chi connectivity index (χ1) is 16.6. The van der Waals surface area contributed by atoms with Crippen LogP contribution in [0.25, 0.3) is 0 Å². The molecule has 194 valence electrons. The van der Waals surface area contributed by atoms with Crippen molar-refractivity contribution in [1.82, 2.24) is 4.90 Å². The molecule has 2 aromatic carbocycles. The van der Waals surface area contributed by atoms with Crippen molar-refractivity contribution in [3.63, 3.8) is 0 Å². The molecule has 2 aromatic rings. The second-order valence-electron chi connectivity index (χ2n) is 11.6. The van der Waals surface area contributed by atoms with Crippen LogP contribution in [-0.4, -0.2) is 43.0 Å². The summed E-state index contributed by atoms with van der Waals surface area (Å²) in [6.45, 7) is 21.0. The minimum atomic E-state index is 0.480. The number of nitrogens with one attached hydrogen (secondary N) is 2. The number of nitrogens with zero attached hydrogens (tertiary/aromatic N) is 3. The monoisotopic (exact) mass is 479 g/mol. The van der Waals surface area contributed by atoms with Crippen LogP contribution in [-0.2, 0) is 0 Å². The lowest BCUT2D eigenvalue weighted by Crippen LogP contribution is -2.57. The highest BCUT2D eigenvalue weighted by Gasteiger charge is 2.25. The Balaban J connectivity index is 1.68. The molecule has 1 fully saturated rings. The standard InChI is InChI=1S/C30H49N5/c1-22(2)17-25(7)31-27-9-13-29(14-10-27)34-19-33(24(5)6)20-35(21-34)30-15-11-28(12-16-30)32-26(8)18-23(3)4/h9-16,22-26,31-32H,17-21H2,1-8H3/t25-,26?/m0/s1. The van der Waals surface area contributed by atoms with E-state index in [0.29, 0.717) is 30.0 Å². The second kappa shape index (κ2) is 12.5. The minimum absolute atomic E-state index is 0.480. The first-order valence-corrected chi connectivity index (χ1v) is 13.6. The van der Waals surface area contributed by atoms with Gasteiger partial charge in [-0.2, -0.15) is 0 Å². The van der Waals surface area contributed by atoms with Gasteiger partial charge in [-0.15, -0.1) is 0 Å².